The van der Waals surface area contributed by atoms with Gasteiger partial charge in [-0.3, -0.25) is 4.79 Å². The maximum Gasteiger partial charge on any atom is 0.252 e. The number of amides is 1. The summed E-state index contributed by atoms with van der Waals surface area (Å²) in [5.74, 6) is 0.636. The molecule has 0 spiro atoms. The minimum absolute atomic E-state index is 0.0417. The molecule has 2 aromatic rings. The van der Waals surface area contributed by atoms with Crippen LogP contribution < -0.4 is 5.32 Å². The summed E-state index contributed by atoms with van der Waals surface area (Å²) in [7, 11) is 0. The summed E-state index contributed by atoms with van der Waals surface area (Å²) in [4.78, 5) is 20.6. The van der Waals surface area contributed by atoms with Gasteiger partial charge in [-0.2, -0.15) is 15.0 Å². The van der Waals surface area contributed by atoms with Gasteiger partial charge in [0.1, 0.15) is 11.6 Å². The number of aromatic nitrogens is 4. The number of nitrogens with zero attached hydrogens (tertiary/aromatic N) is 5. The summed E-state index contributed by atoms with van der Waals surface area (Å²) in [6.45, 7) is 3.71. The average Bonchev–Trinajstić information content (AvgIpc) is 3.20. The number of carbonyl (C=O) groups is 1. The highest BCUT2D eigenvalue weighted by Crippen LogP contribution is 2.31. The predicted octanol–water partition coefficient (Wildman–Crippen LogP) is 1.50. The summed E-state index contributed by atoms with van der Waals surface area (Å²) >= 11 is 0. The Morgan fingerprint density at radius 3 is 2.62 bits per heavy atom. The SMILES string of the molecule is Cc1cc(C)nc(-n2ncc(C#N)c2NC(=O)C2CC2)n1. The van der Waals surface area contributed by atoms with Crippen LogP contribution in [-0.2, 0) is 4.79 Å². The van der Waals surface area contributed by atoms with Gasteiger partial charge in [-0.1, -0.05) is 0 Å². The van der Waals surface area contributed by atoms with Crippen LogP contribution in [0, 0.1) is 31.1 Å². The van der Waals surface area contributed by atoms with Gasteiger partial charge in [0, 0.05) is 17.3 Å². The van der Waals surface area contributed by atoms with Crippen molar-refractivity contribution in [2.24, 2.45) is 5.92 Å². The zero-order valence-electron chi connectivity index (χ0n) is 11.8. The van der Waals surface area contributed by atoms with E-state index in [1.54, 1.807) is 0 Å². The van der Waals surface area contributed by atoms with Crippen molar-refractivity contribution < 1.29 is 4.79 Å². The van der Waals surface area contributed by atoms with E-state index in [0.29, 0.717) is 17.3 Å². The average molecular weight is 282 g/mol. The lowest BCUT2D eigenvalue weighted by Crippen LogP contribution is -2.18. The number of hydrogen-bond donors (Lipinski definition) is 1. The van der Waals surface area contributed by atoms with Crippen LogP contribution in [0.1, 0.15) is 29.8 Å². The molecule has 21 heavy (non-hydrogen) atoms. The smallest absolute Gasteiger partial charge is 0.252 e. The summed E-state index contributed by atoms with van der Waals surface area (Å²) in [6, 6.07) is 3.87. The highest BCUT2D eigenvalue weighted by molar-refractivity contribution is 5.94. The largest absolute Gasteiger partial charge is 0.309 e. The van der Waals surface area contributed by atoms with Crippen molar-refractivity contribution in [2.45, 2.75) is 26.7 Å². The molecule has 0 bridgehead atoms. The zero-order valence-corrected chi connectivity index (χ0v) is 11.8. The molecule has 7 heteroatoms. The van der Waals surface area contributed by atoms with Crippen molar-refractivity contribution in [3.63, 3.8) is 0 Å². The molecule has 1 fully saturated rings. The van der Waals surface area contributed by atoms with E-state index >= 15 is 0 Å². The lowest BCUT2D eigenvalue weighted by Gasteiger charge is -2.09. The minimum atomic E-state index is -0.0855. The van der Waals surface area contributed by atoms with Gasteiger partial charge in [-0.25, -0.2) is 9.97 Å². The first-order chi connectivity index (χ1) is 10.1. The van der Waals surface area contributed by atoms with Crippen molar-refractivity contribution in [1.29, 1.82) is 5.26 Å². The van der Waals surface area contributed by atoms with Gasteiger partial charge in [-0.15, -0.1) is 0 Å². The first kappa shape index (κ1) is 13.2. The molecule has 3 rings (SSSR count). The molecular weight excluding hydrogens is 268 g/mol. The first-order valence-corrected chi connectivity index (χ1v) is 6.70. The monoisotopic (exact) mass is 282 g/mol. The fraction of sp³-hybridized carbons (Fsp3) is 0.357. The Bertz CT molecular complexity index is 733. The van der Waals surface area contributed by atoms with Crippen molar-refractivity contribution in [3.8, 4) is 12.0 Å². The molecule has 2 heterocycles. The maximum atomic E-state index is 12.0. The molecule has 106 valence electrons. The lowest BCUT2D eigenvalue weighted by atomic mass is 10.3. The van der Waals surface area contributed by atoms with Crippen molar-refractivity contribution in [1.82, 2.24) is 19.7 Å². The van der Waals surface area contributed by atoms with Gasteiger partial charge in [0.15, 0.2) is 5.82 Å². The van der Waals surface area contributed by atoms with Gasteiger partial charge in [0.25, 0.3) is 5.95 Å². The molecule has 1 saturated carbocycles. The Kier molecular flexibility index (Phi) is 3.14. The molecule has 0 aliphatic heterocycles. The first-order valence-electron chi connectivity index (χ1n) is 6.70. The third-order valence-electron chi connectivity index (χ3n) is 3.24. The third-order valence-corrected chi connectivity index (χ3v) is 3.24. The van der Waals surface area contributed by atoms with Crippen molar-refractivity contribution in [3.05, 3.63) is 29.2 Å². The Balaban J connectivity index is 2.03. The van der Waals surface area contributed by atoms with E-state index in [9.17, 15) is 4.79 Å². The molecule has 1 amide bonds. The lowest BCUT2D eigenvalue weighted by molar-refractivity contribution is -0.117. The van der Waals surface area contributed by atoms with Crippen LogP contribution >= 0.6 is 0 Å². The van der Waals surface area contributed by atoms with Crippen LogP contribution in [0.25, 0.3) is 5.95 Å². The predicted molar refractivity (Wildman–Crippen MR) is 74.7 cm³/mol. The second kappa shape index (κ2) is 4.98. The van der Waals surface area contributed by atoms with Crippen LogP contribution in [0.3, 0.4) is 0 Å². The van der Waals surface area contributed by atoms with Crippen LogP contribution in [0.15, 0.2) is 12.3 Å². The number of hydrogen-bond acceptors (Lipinski definition) is 5. The van der Waals surface area contributed by atoms with E-state index in [2.05, 4.69) is 20.4 Å². The second-order valence-electron chi connectivity index (χ2n) is 5.14. The maximum absolute atomic E-state index is 12.0. The number of aryl methyl sites for hydroxylation is 2. The molecule has 2 aromatic heterocycles. The van der Waals surface area contributed by atoms with E-state index in [-0.39, 0.29) is 11.8 Å². The molecular formula is C14H14N6O. The number of nitrogens with one attached hydrogen (secondary N) is 1. The Labute approximate surface area is 121 Å². The van der Waals surface area contributed by atoms with Crippen molar-refractivity contribution in [2.75, 3.05) is 5.32 Å². The van der Waals surface area contributed by atoms with Gasteiger partial charge in [0.05, 0.1) is 6.20 Å². The zero-order chi connectivity index (χ0) is 15.0. The second-order valence-corrected chi connectivity index (χ2v) is 5.14. The normalized spacial score (nSPS) is 13.8. The molecule has 1 N–H and O–H groups in total. The number of nitriles is 1. The molecule has 1 aliphatic carbocycles. The van der Waals surface area contributed by atoms with E-state index in [1.165, 1.54) is 10.9 Å². The fourth-order valence-electron chi connectivity index (χ4n) is 2.07. The van der Waals surface area contributed by atoms with E-state index in [1.807, 2.05) is 26.0 Å². The standard InChI is InChI=1S/C14H14N6O/c1-8-5-9(2)18-14(17-8)20-12(11(6-15)7-16-20)19-13(21)10-3-4-10/h5,7,10H,3-4H2,1-2H3,(H,19,21). The van der Waals surface area contributed by atoms with Crippen LogP contribution in [0.4, 0.5) is 5.82 Å². The van der Waals surface area contributed by atoms with E-state index < -0.39 is 0 Å². The molecule has 0 atom stereocenters. The molecule has 0 aromatic carbocycles. The summed E-state index contributed by atoms with van der Waals surface area (Å²) < 4.78 is 1.40. The number of anilines is 1. The minimum Gasteiger partial charge on any atom is -0.309 e. The third kappa shape index (κ3) is 2.60. The number of carbonyl (C=O) groups excluding carboxylic acids is 1. The van der Waals surface area contributed by atoms with Crippen LogP contribution in [-0.4, -0.2) is 25.7 Å². The van der Waals surface area contributed by atoms with Crippen LogP contribution in [0.2, 0.25) is 0 Å². The van der Waals surface area contributed by atoms with E-state index in [0.717, 1.165) is 24.2 Å². The number of rotatable bonds is 3. The van der Waals surface area contributed by atoms with Crippen molar-refractivity contribution >= 4 is 11.7 Å². The highest BCUT2D eigenvalue weighted by Gasteiger charge is 2.31. The summed E-state index contributed by atoms with van der Waals surface area (Å²) in [5.41, 5.74) is 1.89. The Hall–Kier alpha value is -2.75. The summed E-state index contributed by atoms with van der Waals surface area (Å²) in [6.07, 6.45) is 3.19. The molecule has 0 radical (unpaired) electrons. The van der Waals surface area contributed by atoms with Gasteiger partial charge in [0.2, 0.25) is 5.91 Å². The van der Waals surface area contributed by atoms with Gasteiger partial charge >= 0.3 is 0 Å². The molecule has 0 saturated heterocycles. The summed E-state index contributed by atoms with van der Waals surface area (Å²) in [5, 5.41) is 16.1. The Morgan fingerprint density at radius 2 is 2.05 bits per heavy atom. The Morgan fingerprint density at radius 1 is 1.38 bits per heavy atom. The fourth-order valence-corrected chi connectivity index (χ4v) is 2.07. The highest BCUT2D eigenvalue weighted by atomic mass is 16.2. The topological polar surface area (TPSA) is 96.5 Å². The van der Waals surface area contributed by atoms with Crippen LogP contribution in [0.5, 0.6) is 0 Å². The molecule has 0 unspecified atom stereocenters. The quantitative estimate of drug-likeness (QED) is 0.920. The van der Waals surface area contributed by atoms with Gasteiger partial charge in [-0.05, 0) is 32.8 Å². The van der Waals surface area contributed by atoms with Gasteiger partial charge < -0.3 is 5.32 Å². The van der Waals surface area contributed by atoms with E-state index in [4.69, 9.17) is 5.26 Å². The molecule has 7 nitrogen and oxygen atoms in total. The molecule has 1 aliphatic rings.